The Kier molecular flexibility index (Phi) is 5.10. The average molecular weight is 424 g/mol. The number of aromatic nitrogens is 2. The molecule has 0 spiro atoms. The molecule has 4 aromatic rings. The lowest BCUT2D eigenvalue weighted by Crippen LogP contribution is -2.25. The van der Waals surface area contributed by atoms with E-state index < -0.39 is 0 Å². The van der Waals surface area contributed by atoms with Crippen molar-refractivity contribution in [3.05, 3.63) is 77.5 Å². The Bertz CT molecular complexity index is 1340. The highest BCUT2D eigenvalue weighted by Crippen LogP contribution is 2.33. The van der Waals surface area contributed by atoms with E-state index in [9.17, 15) is 4.79 Å². The summed E-state index contributed by atoms with van der Waals surface area (Å²) in [5.74, 6) is 0.820. The number of carbonyl (C=O) groups excluding carboxylic acids is 1. The van der Waals surface area contributed by atoms with E-state index in [4.69, 9.17) is 4.74 Å². The summed E-state index contributed by atoms with van der Waals surface area (Å²) in [7, 11) is 1.67. The van der Waals surface area contributed by atoms with Gasteiger partial charge in [-0.25, -0.2) is 0 Å². The van der Waals surface area contributed by atoms with Crippen molar-refractivity contribution in [2.24, 2.45) is 0 Å². The summed E-state index contributed by atoms with van der Waals surface area (Å²) >= 11 is 0. The Morgan fingerprint density at radius 1 is 0.969 bits per heavy atom. The molecule has 0 aliphatic heterocycles. The maximum Gasteiger partial charge on any atom is 0.251 e. The molecule has 1 fully saturated rings. The second-order valence-corrected chi connectivity index (χ2v) is 8.45. The summed E-state index contributed by atoms with van der Waals surface area (Å²) in [6.45, 7) is 4.12. The van der Waals surface area contributed by atoms with Gasteiger partial charge in [0.05, 0.1) is 13.3 Å². The van der Waals surface area contributed by atoms with E-state index in [0.717, 1.165) is 62.9 Å². The first kappa shape index (κ1) is 20.2. The van der Waals surface area contributed by atoms with Crippen LogP contribution in [0, 0.1) is 13.8 Å². The largest absolute Gasteiger partial charge is 0.497 e. The molecule has 3 aromatic carbocycles. The first-order chi connectivity index (χ1) is 15.5. The molecule has 0 saturated heterocycles. The van der Waals surface area contributed by atoms with Gasteiger partial charge in [0.1, 0.15) is 11.4 Å². The number of amides is 1. The van der Waals surface area contributed by atoms with Crippen LogP contribution in [0.5, 0.6) is 5.75 Å². The van der Waals surface area contributed by atoms with Crippen molar-refractivity contribution < 1.29 is 9.53 Å². The van der Waals surface area contributed by atoms with Gasteiger partial charge in [0.15, 0.2) is 0 Å². The fourth-order valence-corrected chi connectivity index (χ4v) is 4.05. The summed E-state index contributed by atoms with van der Waals surface area (Å²) in [5, 5.41) is 13.8. The zero-order valence-corrected chi connectivity index (χ0v) is 18.5. The molecular formula is C27H25N3O2. The number of fused-ring (bicyclic) bond motifs is 1. The first-order valence-electron chi connectivity index (χ1n) is 10.9. The Hall–Kier alpha value is -3.73. The summed E-state index contributed by atoms with van der Waals surface area (Å²) in [6.07, 6.45) is 3.94. The molecule has 160 valence electrons. The topological polar surface area (TPSA) is 64.1 Å². The van der Waals surface area contributed by atoms with Crippen LogP contribution in [0.25, 0.3) is 33.2 Å². The third kappa shape index (κ3) is 3.82. The van der Waals surface area contributed by atoms with Gasteiger partial charge in [-0.2, -0.15) is 5.10 Å². The Morgan fingerprint density at radius 2 is 1.81 bits per heavy atom. The molecule has 0 radical (unpaired) electrons. The molecule has 5 nitrogen and oxygen atoms in total. The van der Waals surface area contributed by atoms with Gasteiger partial charge in [0.25, 0.3) is 5.91 Å². The second-order valence-electron chi connectivity index (χ2n) is 8.45. The Labute approximate surface area is 187 Å². The van der Waals surface area contributed by atoms with E-state index in [1.165, 1.54) is 0 Å². The van der Waals surface area contributed by atoms with Gasteiger partial charge >= 0.3 is 0 Å². The van der Waals surface area contributed by atoms with Gasteiger partial charge < -0.3 is 10.1 Å². The smallest absolute Gasteiger partial charge is 0.251 e. The van der Waals surface area contributed by atoms with Crippen LogP contribution >= 0.6 is 0 Å². The van der Waals surface area contributed by atoms with Gasteiger partial charge in [-0.1, -0.05) is 18.2 Å². The number of nitrogens with zero attached hydrogens (tertiary/aromatic N) is 2. The standard InChI is InChI=1S/C27H25N3O2/c1-16-4-5-19(27(31)29-21-7-8-21)14-25(16)18-6-10-24-20(13-18)15-28-30-26(24)23-11-9-22(32-3)12-17(23)2/h4-6,9-15,21H,7-8H2,1-3H3,(H,29,31). The number of methoxy groups -OCH3 is 1. The van der Waals surface area contributed by atoms with E-state index in [1.807, 2.05) is 43.3 Å². The van der Waals surface area contributed by atoms with Gasteiger partial charge in [-0.3, -0.25) is 4.79 Å². The minimum Gasteiger partial charge on any atom is -0.497 e. The quantitative estimate of drug-likeness (QED) is 0.462. The molecule has 0 bridgehead atoms. The van der Waals surface area contributed by atoms with E-state index in [-0.39, 0.29) is 5.91 Å². The molecule has 1 amide bonds. The zero-order chi connectivity index (χ0) is 22.2. The molecule has 1 aliphatic carbocycles. The van der Waals surface area contributed by atoms with Crippen LogP contribution < -0.4 is 10.1 Å². The highest BCUT2D eigenvalue weighted by Gasteiger charge is 2.24. The predicted octanol–water partition coefficient (Wildman–Crippen LogP) is 5.48. The predicted molar refractivity (Wildman–Crippen MR) is 127 cm³/mol. The van der Waals surface area contributed by atoms with Crippen LogP contribution in [0.15, 0.2) is 60.8 Å². The van der Waals surface area contributed by atoms with Crippen LogP contribution in [-0.4, -0.2) is 29.3 Å². The van der Waals surface area contributed by atoms with E-state index in [2.05, 4.69) is 40.6 Å². The summed E-state index contributed by atoms with van der Waals surface area (Å²) in [5.41, 5.74) is 6.90. The van der Waals surface area contributed by atoms with Crippen LogP contribution in [0.3, 0.4) is 0 Å². The molecule has 32 heavy (non-hydrogen) atoms. The van der Waals surface area contributed by atoms with E-state index >= 15 is 0 Å². The van der Waals surface area contributed by atoms with Crippen LogP contribution in [0.2, 0.25) is 0 Å². The highest BCUT2D eigenvalue weighted by molar-refractivity contribution is 5.99. The van der Waals surface area contributed by atoms with Crippen molar-refractivity contribution in [3.63, 3.8) is 0 Å². The maximum atomic E-state index is 12.5. The van der Waals surface area contributed by atoms with Crippen LogP contribution in [0.4, 0.5) is 0 Å². The van der Waals surface area contributed by atoms with Crippen LogP contribution in [0.1, 0.15) is 34.3 Å². The van der Waals surface area contributed by atoms with Gasteiger partial charge in [0.2, 0.25) is 0 Å². The summed E-state index contributed by atoms with van der Waals surface area (Å²) in [4.78, 5) is 12.5. The van der Waals surface area contributed by atoms with Crippen molar-refractivity contribution in [1.82, 2.24) is 15.5 Å². The van der Waals surface area contributed by atoms with Gasteiger partial charge in [-0.15, -0.1) is 5.10 Å². The van der Waals surface area contributed by atoms with E-state index in [1.54, 1.807) is 13.3 Å². The second kappa shape index (κ2) is 8.08. The number of benzene rings is 3. The minimum atomic E-state index is -0.00215. The van der Waals surface area contributed by atoms with Gasteiger partial charge in [-0.05, 0) is 85.3 Å². The molecule has 0 atom stereocenters. The monoisotopic (exact) mass is 423 g/mol. The molecule has 1 saturated carbocycles. The normalized spacial score (nSPS) is 13.2. The highest BCUT2D eigenvalue weighted by atomic mass is 16.5. The van der Waals surface area contributed by atoms with Crippen molar-refractivity contribution >= 4 is 16.7 Å². The lowest BCUT2D eigenvalue weighted by atomic mass is 9.94. The first-order valence-corrected chi connectivity index (χ1v) is 10.9. The fraction of sp³-hybridized carbons (Fsp3) is 0.222. The van der Waals surface area contributed by atoms with Crippen LogP contribution in [-0.2, 0) is 0 Å². The number of rotatable bonds is 5. The molecule has 1 aliphatic rings. The fourth-order valence-electron chi connectivity index (χ4n) is 4.05. The number of hydrogen-bond donors (Lipinski definition) is 1. The van der Waals surface area contributed by atoms with Crippen molar-refractivity contribution in [2.75, 3.05) is 7.11 Å². The third-order valence-electron chi connectivity index (χ3n) is 6.07. The molecule has 1 aromatic heterocycles. The lowest BCUT2D eigenvalue weighted by molar-refractivity contribution is 0.0951. The van der Waals surface area contributed by atoms with Gasteiger partial charge in [0, 0.05) is 27.9 Å². The Morgan fingerprint density at radius 3 is 2.56 bits per heavy atom. The molecule has 1 heterocycles. The molecular weight excluding hydrogens is 398 g/mol. The molecule has 0 unspecified atom stereocenters. The number of nitrogens with one attached hydrogen (secondary N) is 1. The Balaban J connectivity index is 1.56. The number of ether oxygens (including phenoxy) is 1. The molecule has 5 heteroatoms. The number of aryl methyl sites for hydroxylation is 2. The van der Waals surface area contributed by atoms with E-state index in [0.29, 0.717) is 11.6 Å². The molecule has 5 rings (SSSR count). The minimum absolute atomic E-state index is 0.00215. The average Bonchev–Trinajstić information content (AvgIpc) is 3.62. The lowest BCUT2D eigenvalue weighted by Gasteiger charge is -2.12. The molecule has 1 N–H and O–H groups in total. The van der Waals surface area contributed by atoms with Crippen molar-refractivity contribution in [2.45, 2.75) is 32.7 Å². The maximum absolute atomic E-state index is 12.5. The zero-order valence-electron chi connectivity index (χ0n) is 18.5. The van der Waals surface area contributed by atoms with Crippen molar-refractivity contribution in [3.8, 4) is 28.1 Å². The van der Waals surface area contributed by atoms with Crippen molar-refractivity contribution in [1.29, 1.82) is 0 Å². The number of carbonyl (C=O) groups is 1. The SMILES string of the molecule is COc1ccc(-c2nncc3cc(-c4cc(C(=O)NC5CC5)ccc4C)ccc23)c(C)c1. The summed E-state index contributed by atoms with van der Waals surface area (Å²) < 4.78 is 5.34. The number of hydrogen-bond acceptors (Lipinski definition) is 4. The third-order valence-corrected chi connectivity index (χ3v) is 6.07. The summed E-state index contributed by atoms with van der Waals surface area (Å²) in [6, 6.07) is 18.5.